The van der Waals surface area contributed by atoms with E-state index in [4.69, 9.17) is 9.47 Å². The lowest BCUT2D eigenvalue weighted by atomic mass is 10.0. The normalized spacial score (nSPS) is 14.1. The lowest BCUT2D eigenvalue weighted by Gasteiger charge is -2.37. The Morgan fingerprint density at radius 1 is 0.865 bits per heavy atom. The highest BCUT2D eigenvalue weighted by molar-refractivity contribution is 5.91. The third kappa shape index (κ3) is 7.49. The van der Waals surface area contributed by atoms with Gasteiger partial charge in [0.25, 0.3) is 0 Å². The number of amides is 2. The van der Waals surface area contributed by atoms with Crippen molar-refractivity contribution in [1.29, 1.82) is 0 Å². The Hall–Kier alpha value is -4.00. The number of hydrogen-bond donors (Lipinski definition) is 1. The van der Waals surface area contributed by atoms with Crippen LogP contribution in [0.4, 0.5) is 11.4 Å². The number of rotatable bonds is 10. The first kappa shape index (κ1) is 26.1. The molecule has 0 radical (unpaired) electrons. The quantitative estimate of drug-likeness (QED) is 0.424. The Bertz CT molecular complexity index is 1160. The van der Waals surface area contributed by atoms with Crippen LogP contribution < -0.4 is 19.7 Å². The van der Waals surface area contributed by atoms with Crippen LogP contribution in [0.15, 0.2) is 78.9 Å². The molecule has 1 aliphatic rings. The average molecular weight is 502 g/mol. The number of carbonyl (C=O) groups excluding carboxylic acids is 2. The predicted molar refractivity (Wildman–Crippen MR) is 146 cm³/mol. The van der Waals surface area contributed by atoms with E-state index in [1.54, 1.807) is 7.11 Å². The zero-order valence-corrected chi connectivity index (χ0v) is 21.6. The van der Waals surface area contributed by atoms with Gasteiger partial charge in [0.15, 0.2) is 0 Å². The number of methoxy groups -OCH3 is 1. The number of carbonyl (C=O) groups is 2. The van der Waals surface area contributed by atoms with Crippen LogP contribution in [0.1, 0.15) is 25.3 Å². The van der Waals surface area contributed by atoms with Crippen LogP contribution in [-0.4, -0.2) is 50.0 Å². The standard InChI is InChI=1S/C30H35N3O4/c1-23(21-30(35)33-18-16-32(17-19-33)27-10-6-7-11-28(27)36-2)20-29(34)31-25-12-14-26(15-13-25)37-22-24-8-4-3-5-9-24/h3-15,23H,16-22H2,1-2H3,(H,31,34)/t23-/m1/s1. The van der Waals surface area contributed by atoms with Crippen molar-refractivity contribution in [2.24, 2.45) is 5.92 Å². The van der Waals surface area contributed by atoms with Crippen LogP contribution in [0.2, 0.25) is 0 Å². The largest absolute Gasteiger partial charge is 0.495 e. The minimum absolute atomic E-state index is 0.0479. The van der Waals surface area contributed by atoms with Crippen molar-refractivity contribution in [2.45, 2.75) is 26.4 Å². The second-order valence-electron chi connectivity index (χ2n) is 9.40. The molecule has 0 unspecified atom stereocenters. The first-order chi connectivity index (χ1) is 18.0. The zero-order chi connectivity index (χ0) is 26.0. The Morgan fingerprint density at radius 2 is 1.54 bits per heavy atom. The van der Waals surface area contributed by atoms with Crippen molar-refractivity contribution in [1.82, 2.24) is 4.90 Å². The van der Waals surface area contributed by atoms with E-state index in [-0.39, 0.29) is 17.7 Å². The number of hydrogen-bond acceptors (Lipinski definition) is 5. The summed E-state index contributed by atoms with van der Waals surface area (Å²) in [6.07, 6.45) is 0.646. The molecule has 1 heterocycles. The summed E-state index contributed by atoms with van der Waals surface area (Å²) in [5.41, 5.74) is 2.86. The Morgan fingerprint density at radius 3 is 2.24 bits per heavy atom. The van der Waals surface area contributed by atoms with Gasteiger partial charge in [-0.15, -0.1) is 0 Å². The number of anilines is 2. The van der Waals surface area contributed by atoms with Gasteiger partial charge in [0.05, 0.1) is 12.8 Å². The summed E-state index contributed by atoms with van der Waals surface area (Å²) in [4.78, 5) is 29.5. The molecule has 37 heavy (non-hydrogen) atoms. The average Bonchev–Trinajstić information content (AvgIpc) is 2.93. The second-order valence-corrected chi connectivity index (χ2v) is 9.40. The van der Waals surface area contributed by atoms with Gasteiger partial charge in [0, 0.05) is 44.7 Å². The molecule has 0 spiro atoms. The van der Waals surface area contributed by atoms with E-state index in [2.05, 4.69) is 10.2 Å². The van der Waals surface area contributed by atoms with E-state index in [9.17, 15) is 9.59 Å². The number of piperazine rings is 1. The maximum Gasteiger partial charge on any atom is 0.224 e. The molecule has 3 aromatic rings. The molecule has 2 amide bonds. The number of benzene rings is 3. The highest BCUT2D eigenvalue weighted by Crippen LogP contribution is 2.28. The number of nitrogens with one attached hydrogen (secondary N) is 1. The molecule has 0 aliphatic carbocycles. The van der Waals surface area contributed by atoms with Crippen molar-refractivity contribution in [3.05, 3.63) is 84.4 Å². The fourth-order valence-corrected chi connectivity index (χ4v) is 4.49. The molecular formula is C30H35N3O4. The van der Waals surface area contributed by atoms with Gasteiger partial charge in [0.1, 0.15) is 18.1 Å². The van der Waals surface area contributed by atoms with E-state index >= 15 is 0 Å². The van der Waals surface area contributed by atoms with Crippen molar-refractivity contribution in [2.75, 3.05) is 43.5 Å². The molecule has 0 saturated carbocycles. The Balaban J connectivity index is 1.18. The van der Waals surface area contributed by atoms with Crippen molar-refractivity contribution >= 4 is 23.2 Å². The summed E-state index contributed by atoms with van der Waals surface area (Å²) in [7, 11) is 1.67. The Labute approximate surface area is 219 Å². The predicted octanol–water partition coefficient (Wildman–Crippen LogP) is 4.98. The van der Waals surface area contributed by atoms with Crippen molar-refractivity contribution < 1.29 is 19.1 Å². The van der Waals surface area contributed by atoms with E-state index < -0.39 is 0 Å². The summed E-state index contributed by atoms with van der Waals surface area (Å²) >= 11 is 0. The second kappa shape index (κ2) is 12.8. The van der Waals surface area contributed by atoms with Gasteiger partial charge < -0.3 is 24.6 Å². The lowest BCUT2D eigenvalue weighted by molar-refractivity contribution is -0.132. The van der Waals surface area contributed by atoms with Gasteiger partial charge in [-0.3, -0.25) is 9.59 Å². The molecule has 3 aromatic carbocycles. The molecule has 1 fully saturated rings. The minimum atomic E-state index is -0.0979. The maximum absolute atomic E-state index is 12.9. The summed E-state index contributed by atoms with van der Waals surface area (Å²) in [6, 6.07) is 25.3. The molecule has 194 valence electrons. The van der Waals surface area contributed by atoms with Crippen LogP contribution in [0.5, 0.6) is 11.5 Å². The van der Waals surface area contributed by atoms with Crippen molar-refractivity contribution in [3.63, 3.8) is 0 Å². The topological polar surface area (TPSA) is 71.1 Å². The number of para-hydroxylation sites is 2. The Kier molecular flexibility index (Phi) is 9.03. The van der Waals surface area contributed by atoms with Gasteiger partial charge >= 0.3 is 0 Å². The van der Waals surface area contributed by atoms with E-state index in [0.29, 0.717) is 38.2 Å². The molecule has 7 nitrogen and oxygen atoms in total. The van der Waals surface area contributed by atoms with Crippen molar-refractivity contribution in [3.8, 4) is 11.5 Å². The zero-order valence-electron chi connectivity index (χ0n) is 21.6. The molecule has 4 rings (SSSR count). The fraction of sp³-hybridized carbons (Fsp3) is 0.333. The first-order valence-corrected chi connectivity index (χ1v) is 12.7. The monoisotopic (exact) mass is 501 g/mol. The first-order valence-electron chi connectivity index (χ1n) is 12.7. The number of ether oxygens (including phenoxy) is 2. The van der Waals surface area contributed by atoms with Gasteiger partial charge in [-0.2, -0.15) is 0 Å². The summed E-state index contributed by atoms with van der Waals surface area (Å²) < 4.78 is 11.3. The maximum atomic E-state index is 12.9. The van der Waals surface area contributed by atoms with Gasteiger partial charge in [0.2, 0.25) is 11.8 Å². The highest BCUT2D eigenvalue weighted by Gasteiger charge is 2.24. The summed E-state index contributed by atoms with van der Waals surface area (Å²) in [5.74, 6) is 1.54. The van der Waals surface area contributed by atoms with Crippen LogP contribution in [-0.2, 0) is 16.2 Å². The molecule has 1 atom stereocenters. The van der Waals surface area contributed by atoms with Crippen LogP contribution in [0, 0.1) is 5.92 Å². The summed E-state index contributed by atoms with van der Waals surface area (Å²) in [5, 5.41) is 2.92. The lowest BCUT2D eigenvalue weighted by Crippen LogP contribution is -2.49. The molecule has 1 N–H and O–H groups in total. The molecule has 0 bridgehead atoms. The fourth-order valence-electron chi connectivity index (χ4n) is 4.49. The smallest absolute Gasteiger partial charge is 0.224 e. The van der Waals surface area contributed by atoms with Crippen LogP contribution >= 0.6 is 0 Å². The molecule has 1 aliphatic heterocycles. The molecular weight excluding hydrogens is 466 g/mol. The van der Waals surface area contributed by atoms with Gasteiger partial charge in [-0.25, -0.2) is 0 Å². The number of nitrogens with zero attached hydrogens (tertiary/aromatic N) is 2. The highest BCUT2D eigenvalue weighted by atomic mass is 16.5. The molecule has 1 saturated heterocycles. The molecule has 0 aromatic heterocycles. The SMILES string of the molecule is COc1ccccc1N1CCN(C(=O)C[C@H](C)CC(=O)Nc2ccc(OCc3ccccc3)cc2)CC1. The minimum Gasteiger partial charge on any atom is -0.495 e. The third-order valence-electron chi connectivity index (χ3n) is 6.50. The molecule has 7 heteroatoms. The van der Waals surface area contributed by atoms with Crippen LogP contribution in [0.3, 0.4) is 0 Å². The van der Waals surface area contributed by atoms with Gasteiger partial charge in [-0.1, -0.05) is 49.4 Å². The van der Waals surface area contributed by atoms with Crippen LogP contribution in [0.25, 0.3) is 0 Å². The summed E-state index contributed by atoms with van der Waals surface area (Å²) in [6.45, 7) is 5.28. The third-order valence-corrected chi connectivity index (χ3v) is 6.50. The van der Waals surface area contributed by atoms with E-state index in [1.807, 2.05) is 90.7 Å². The van der Waals surface area contributed by atoms with E-state index in [0.717, 1.165) is 35.8 Å². The van der Waals surface area contributed by atoms with E-state index in [1.165, 1.54) is 0 Å². The van der Waals surface area contributed by atoms with Gasteiger partial charge in [-0.05, 0) is 47.9 Å².